The van der Waals surface area contributed by atoms with Gasteiger partial charge in [0.2, 0.25) is 0 Å². The van der Waals surface area contributed by atoms with Gasteiger partial charge in [0.15, 0.2) is 0 Å². The lowest BCUT2D eigenvalue weighted by Crippen LogP contribution is -2.40. The molecule has 3 heteroatoms. The average molecular weight is 227 g/mol. The van der Waals surface area contributed by atoms with E-state index >= 15 is 0 Å². The summed E-state index contributed by atoms with van der Waals surface area (Å²) in [5.74, 6) is 0. The van der Waals surface area contributed by atoms with E-state index in [-0.39, 0.29) is 0 Å². The fraction of sp³-hybridized carbons (Fsp3) is 1.00. The van der Waals surface area contributed by atoms with Gasteiger partial charge in [-0.1, -0.05) is 6.92 Å². The van der Waals surface area contributed by atoms with Crippen LogP contribution >= 0.6 is 0 Å². The maximum absolute atomic E-state index is 3.50. The van der Waals surface area contributed by atoms with Crippen LogP contribution in [-0.4, -0.2) is 62.7 Å². The molecule has 0 saturated carbocycles. The van der Waals surface area contributed by atoms with Crippen molar-refractivity contribution in [2.24, 2.45) is 0 Å². The van der Waals surface area contributed by atoms with Crippen molar-refractivity contribution in [1.82, 2.24) is 15.1 Å². The lowest BCUT2D eigenvalue weighted by atomic mass is 10.1. The summed E-state index contributed by atoms with van der Waals surface area (Å²) < 4.78 is 0. The molecule has 96 valence electrons. The zero-order valence-corrected chi connectivity index (χ0v) is 11.3. The van der Waals surface area contributed by atoms with Crippen LogP contribution in [0.5, 0.6) is 0 Å². The molecule has 0 aromatic heterocycles. The van der Waals surface area contributed by atoms with E-state index < -0.39 is 0 Å². The number of likely N-dealkylation sites (N-methyl/N-ethyl adjacent to an activating group) is 1. The molecule has 0 aromatic carbocycles. The van der Waals surface area contributed by atoms with Gasteiger partial charge in [-0.05, 0) is 59.4 Å². The molecule has 1 rings (SSSR count). The van der Waals surface area contributed by atoms with Gasteiger partial charge < -0.3 is 10.2 Å². The normalized spacial score (nSPS) is 22.7. The lowest BCUT2D eigenvalue weighted by Gasteiger charge is -2.31. The van der Waals surface area contributed by atoms with E-state index in [2.05, 4.69) is 36.1 Å². The molecule has 1 N–H and O–H groups in total. The molecule has 0 aliphatic carbocycles. The van der Waals surface area contributed by atoms with Gasteiger partial charge in [0.25, 0.3) is 0 Å². The predicted octanol–water partition coefficient (Wildman–Crippen LogP) is 1.40. The van der Waals surface area contributed by atoms with Crippen LogP contribution in [0.25, 0.3) is 0 Å². The van der Waals surface area contributed by atoms with Crippen molar-refractivity contribution in [2.75, 3.05) is 46.8 Å². The average Bonchev–Trinajstić information content (AvgIpc) is 2.52. The quantitative estimate of drug-likeness (QED) is 0.740. The van der Waals surface area contributed by atoms with Crippen LogP contribution in [-0.2, 0) is 0 Å². The molecule has 1 atom stereocenters. The summed E-state index contributed by atoms with van der Waals surface area (Å²) in [6.45, 7) is 8.38. The molecule has 0 bridgehead atoms. The van der Waals surface area contributed by atoms with Crippen LogP contribution < -0.4 is 5.32 Å². The van der Waals surface area contributed by atoms with Crippen LogP contribution in [0.2, 0.25) is 0 Å². The van der Waals surface area contributed by atoms with Crippen molar-refractivity contribution < 1.29 is 0 Å². The Hall–Kier alpha value is -0.120. The number of hydrogen-bond acceptors (Lipinski definition) is 3. The van der Waals surface area contributed by atoms with Crippen molar-refractivity contribution in [2.45, 2.75) is 38.6 Å². The Bertz CT molecular complexity index is 163. The minimum atomic E-state index is 0.815. The first kappa shape index (κ1) is 13.9. The minimum Gasteiger partial charge on any atom is -0.317 e. The Morgan fingerprint density at radius 2 is 1.88 bits per heavy atom. The number of nitrogens with one attached hydrogen (secondary N) is 1. The SMILES string of the molecule is CCCN(CCN(C)C)C1CCCNCC1. The molecular weight excluding hydrogens is 198 g/mol. The molecule has 1 heterocycles. The number of hydrogen-bond donors (Lipinski definition) is 1. The summed E-state index contributed by atoms with van der Waals surface area (Å²) in [5.41, 5.74) is 0. The van der Waals surface area contributed by atoms with E-state index in [0.717, 1.165) is 6.04 Å². The molecule has 16 heavy (non-hydrogen) atoms. The summed E-state index contributed by atoms with van der Waals surface area (Å²) >= 11 is 0. The molecule has 0 spiro atoms. The maximum atomic E-state index is 3.50. The largest absolute Gasteiger partial charge is 0.317 e. The zero-order chi connectivity index (χ0) is 11.8. The van der Waals surface area contributed by atoms with E-state index in [9.17, 15) is 0 Å². The molecule has 0 aromatic rings. The van der Waals surface area contributed by atoms with Gasteiger partial charge in [-0.25, -0.2) is 0 Å². The Morgan fingerprint density at radius 3 is 2.56 bits per heavy atom. The van der Waals surface area contributed by atoms with Gasteiger partial charge in [0, 0.05) is 19.1 Å². The van der Waals surface area contributed by atoms with Crippen molar-refractivity contribution in [3.63, 3.8) is 0 Å². The second kappa shape index (κ2) is 8.04. The summed E-state index contributed by atoms with van der Waals surface area (Å²) in [4.78, 5) is 4.99. The van der Waals surface area contributed by atoms with Crippen LogP contribution in [0.3, 0.4) is 0 Å². The Balaban J connectivity index is 2.39. The second-order valence-electron chi connectivity index (χ2n) is 5.17. The highest BCUT2D eigenvalue weighted by atomic mass is 15.2. The topological polar surface area (TPSA) is 18.5 Å². The fourth-order valence-electron chi connectivity index (χ4n) is 2.46. The van der Waals surface area contributed by atoms with Crippen molar-refractivity contribution in [1.29, 1.82) is 0 Å². The summed E-state index contributed by atoms with van der Waals surface area (Å²) in [7, 11) is 4.33. The van der Waals surface area contributed by atoms with Crippen LogP contribution in [0.15, 0.2) is 0 Å². The summed E-state index contributed by atoms with van der Waals surface area (Å²) in [6.07, 6.45) is 5.32. The zero-order valence-electron chi connectivity index (χ0n) is 11.3. The maximum Gasteiger partial charge on any atom is 0.0112 e. The Kier molecular flexibility index (Phi) is 7.01. The first-order chi connectivity index (χ1) is 7.74. The predicted molar refractivity (Wildman–Crippen MR) is 70.9 cm³/mol. The van der Waals surface area contributed by atoms with E-state index in [4.69, 9.17) is 0 Å². The van der Waals surface area contributed by atoms with E-state index in [1.165, 1.54) is 58.4 Å². The molecule has 1 unspecified atom stereocenters. The first-order valence-electron chi connectivity index (χ1n) is 6.83. The lowest BCUT2D eigenvalue weighted by molar-refractivity contribution is 0.166. The van der Waals surface area contributed by atoms with E-state index in [0.29, 0.717) is 0 Å². The molecule has 0 radical (unpaired) electrons. The number of rotatable bonds is 6. The van der Waals surface area contributed by atoms with Gasteiger partial charge >= 0.3 is 0 Å². The molecular formula is C13H29N3. The second-order valence-corrected chi connectivity index (χ2v) is 5.17. The summed E-state index contributed by atoms with van der Waals surface area (Å²) in [5, 5.41) is 3.50. The minimum absolute atomic E-state index is 0.815. The Morgan fingerprint density at radius 1 is 1.06 bits per heavy atom. The molecule has 1 aliphatic rings. The van der Waals surface area contributed by atoms with Crippen LogP contribution in [0.4, 0.5) is 0 Å². The standard InChI is InChI=1S/C13H29N3/c1-4-10-16(12-11-15(2)3)13-6-5-8-14-9-7-13/h13-14H,4-12H2,1-3H3. The van der Waals surface area contributed by atoms with Crippen molar-refractivity contribution in [3.05, 3.63) is 0 Å². The molecule has 1 saturated heterocycles. The third-order valence-electron chi connectivity index (χ3n) is 3.41. The monoisotopic (exact) mass is 227 g/mol. The highest BCUT2D eigenvalue weighted by Gasteiger charge is 2.18. The highest BCUT2D eigenvalue weighted by Crippen LogP contribution is 2.13. The van der Waals surface area contributed by atoms with E-state index in [1.807, 2.05) is 0 Å². The van der Waals surface area contributed by atoms with Crippen LogP contribution in [0.1, 0.15) is 32.6 Å². The Labute approximate surface area is 101 Å². The van der Waals surface area contributed by atoms with Gasteiger partial charge in [-0.2, -0.15) is 0 Å². The van der Waals surface area contributed by atoms with Crippen molar-refractivity contribution in [3.8, 4) is 0 Å². The van der Waals surface area contributed by atoms with Gasteiger partial charge in [0.05, 0.1) is 0 Å². The van der Waals surface area contributed by atoms with Crippen molar-refractivity contribution >= 4 is 0 Å². The molecule has 0 amide bonds. The molecule has 1 aliphatic heterocycles. The van der Waals surface area contributed by atoms with E-state index in [1.54, 1.807) is 0 Å². The molecule has 1 fully saturated rings. The fourth-order valence-corrected chi connectivity index (χ4v) is 2.46. The summed E-state index contributed by atoms with van der Waals surface area (Å²) in [6, 6.07) is 0.815. The highest BCUT2D eigenvalue weighted by molar-refractivity contribution is 4.76. The van der Waals surface area contributed by atoms with Gasteiger partial charge in [-0.15, -0.1) is 0 Å². The van der Waals surface area contributed by atoms with Gasteiger partial charge in [-0.3, -0.25) is 4.90 Å². The smallest absolute Gasteiger partial charge is 0.0112 e. The third-order valence-corrected chi connectivity index (χ3v) is 3.41. The molecule has 3 nitrogen and oxygen atoms in total. The third kappa shape index (κ3) is 5.28. The van der Waals surface area contributed by atoms with Crippen LogP contribution in [0, 0.1) is 0 Å². The number of nitrogens with zero attached hydrogens (tertiary/aromatic N) is 2. The van der Waals surface area contributed by atoms with Gasteiger partial charge in [0.1, 0.15) is 0 Å². The first-order valence-corrected chi connectivity index (χ1v) is 6.83.